The minimum Gasteiger partial charge on any atom is -0.302 e. The quantitative estimate of drug-likeness (QED) is 0.398. The van der Waals surface area contributed by atoms with Gasteiger partial charge in [-0.15, -0.1) is 0 Å². The summed E-state index contributed by atoms with van der Waals surface area (Å²) in [6.45, 7) is 3.52. The number of amides is 1. The lowest BCUT2D eigenvalue weighted by atomic mass is 9.79. The summed E-state index contributed by atoms with van der Waals surface area (Å²) >= 11 is 0. The highest BCUT2D eigenvalue weighted by Crippen LogP contribution is 2.44. The van der Waals surface area contributed by atoms with E-state index in [1.807, 2.05) is 24.3 Å². The van der Waals surface area contributed by atoms with Crippen LogP contribution in [0.5, 0.6) is 0 Å². The molecule has 2 unspecified atom stereocenters. The van der Waals surface area contributed by atoms with E-state index in [9.17, 15) is 14.2 Å². The zero-order valence-electron chi connectivity index (χ0n) is 23.3. The predicted octanol–water partition coefficient (Wildman–Crippen LogP) is 5.98. The highest BCUT2D eigenvalue weighted by molar-refractivity contribution is 7.52. The Kier molecular flexibility index (Phi) is 9.22. The Morgan fingerprint density at radius 1 is 0.897 bits per heavy atom. The van der Waals surface area contributed by atoms with E-state index < -0.39 is 19.2 Å². The Hall–Kier alpha value is -2.06. The van der Waals surface area contributed by atoms with Crippen molar-refractivity contribution in [2.24, 2.45) is 0 Å². The van der Waals surface area contributed by atoms with E-state index in [2.05, 4.69) is 15.0 Å². The number of rotatable bonds is 8. The van der Waals surface area contributed by atoms with Crippen molar-refractivity contribution in [3.05, 3.63) is 40.3 Å². The molecule has 3 heterocycles. The molecular weight excluding hydrogens is 515 g/mol. The lowest BCUT2D eigenvalue weighted by molar-refractivity contribution is -0.0247. The molecule has 10 heteroatoms. The van der Waals surface area contributed by atoms with Gasteiger partial charge in [0.1, 0.15) is 0 Å². The molecule has 2 saturated heterocycles. The molecule has 5 rings (SSSR count). The molecule has 39 heavy (non-hydrogen) atoms. The number of nitrogens with zero attached hydrogens (tertiary/aromatic N) is 3. The van der Waals surface area contributed by atoms with Crippen LogP contribution in [0.3, 0.4) is 0 Å². The number of para-hydroxylation sites is 2. The number of piperidine rings is 2. The molecule has 1 aromatic heterocycles. The van der Waals surface area contributed by atoms with E-state index in [4.69, 9.17) is 9.05 Å². The largest absolute Gasteiger partial charge is 0.435 e. The molecule has 2 aromatic rings. The molecule has 2 bridgehead atoms. The van der Waals surface area contributed by atoms with Crippen molar-refractivity contribution in [1.82, 2.24) is 19.5 Å². The van der Waals surface area contributed by atoms with Gasteiger partial charge in [-0.25, -0.2) is 9.55 Å². The second kappa shape index (κ2) is 12.6. The molecule has 2 aliphatic heterocycles. The third-order valence-corrected chi connectivity index (χ3v) is 10.4. The fourth-order valence-electron chi connectivity index (χ4n) is 7.21. The van der Waals surface area contributed by atoms with Gasteiger partial charge in [0.05, 0.1) is 24.2 Å². The Morgan fingerprint density at radius 2 is 1.49 bits per heavy atom. The molecule has 3 fully saturated rings. The van der Waals surface area contributed by atoms with Gasteiger partial charge in [0.2, 0.25) is 0 Å². The molecule has 3 aliphatic rings. The van der Waals surface area contributed by atoms with Gasteiger partial charge in [0.25, 0.3) is 11.5 Å². The highest BCUT2D eigenvalue weighted by Gasteiger charge is 2.43. The predicted molar refractivity (Wildman–Crippen MR) is 152 cm³/mol. The van der Waals surface area contributed by atoms with Crippen LogP contribution < -0.4 is 10.6 Å². The average molecular weight is 559 g/mol. The maximum Gasteiger partial charge on any atom is 0.435 e. The first-order valence-electron chi connectivity index (χ1n) is 14.9. The normalized spacial score (nSPS) is 25.2. The van der Waals surface area contributed by atoms with Crippen molar-refractivity contribution >= 4 is 24.7 Å². The second-order valence-corrected chi connectivity index (χ2v) is 12.9. The highest BCUT2D eigenvalue weighted by atomic mass is 31.2. The first kappa shape index (κ1) is 28.5. The lowest BCUT2D eigenvalue weighted by Crippen LogP contribution is -2.57. The smallest absolute Gasteiger partial charge is 0.302 e. The molecule has 2 atom stereocenters. The van der Waals surface area contributed by atoms with E-state index in [0.717, 1.165) is 31.2 Å². The number of aromatic nitrogens is 2. The van der Waals surface area contributed by atoms with Crippen LogP contribution in [-0.2, 0) is 13.6 Å². The summed E-state index contributed by atoms with van der Waals surface area (Å²) in [5, 5.41) is 2.34. The Balaban J connectivity index is 1.47. The fourth-order valence-corrected chi connectivity index (χ4v) is 8.45. The molecule has 1 aromatic carbocycles. The minimum absolute atomic E-state index is 0.0253. The van der Waals surface area contributed by atoms with Gasteiger partial charge >= 0.3 is 7.75 Å². The van der Waals surface area contributed by atoms with Crippen LogP contribution in [0.2, 0.25) is 0 Å². The van der Waals surface area contributed by atoms with Gasteiger partial charge in [-0.2, -0.15) is 0 Å². The third-order valence-electron chi connectivity index (χ3n) is 8.71. The third kappa shape index (κ3) is 6.17. The molecule has 0 radical (unpaired) electrons. The van der Waals surface area contributed by atoms with Crippen molar-refractivity contribution in [2.45, 2.75) is 115 Å². The fraction of sp³-hybridized carbons (Fsp3) is 0.690. The summed E-state index contributed by atoms with van der Waals surface area (Å²) in [7, 11) is -3.91. The molecule has 9 nitrogen and oxygen atoms in total. The van der Waals surface area contributed by atoms with Crippen LogP contribution in [0.4, 0.5) is 0 Å². The van der Waals surface area contributed by atoms with E-state index in [1.165, 1.54) is 51.4 Å². The summed E-state index contributed by atoms with van der Waals surface area (Å²) in [5.74, 6) is -0.836. The van der Waals surface area contributed by atoms with Crippen LogP contribution >= 0.6 is 7.75 Å². The summed E-state index contributed by atoms with van der Waals surface area (Å²) in [4.78, 5) is 34.5. The molecule has 1 aliphatic carbocycles. The minimum atomic E-state index is -3.91. The number of hydrogen-bond donors (Lipinski definition) is 1. The molecule has 214 valence electrons. The SMILES string of the molecule is CCOP(=O)(NC(=O)c1nc2ccccc2n(C2CC3CCCC(C2)N3C2CCCCCCC2)c1=O)OCC. The van der Waals surface area contributed by atoms with E-state index in [0.29, 0.717) is 23.6 Å². The number of fused-ring (bicyclic) bond motifs is 3. The van der Waals surface area contributed by atoms with Crippen LogP contribution in [0.1, 0.15) is 107 Å². The average Bonchev–Trinajstić information content (AvgIpc) is 2.88. The number of carbonyl (C=O) groups is 1. The Labute approximate surface area is 231 Å². The number of hydrogen-bond acceptors (Lipinski definition) is 7. The van der Waals surface area contributed by atoms with Crippen LogP contribution in [-0.4, -0.2) is 51.7 Å². The summed E-state index contributed by atoms with van der Waals surface area (Å²) in [6, 6.07) is 8.98. The number of benzene rings is 1. The molecular formula is C29H43N4O5P. The van der Waals surface area contributed by atoms with E-state index in [1.54, 1.807) is 18.4 Å². The van der Waals surface area contributed by atoms with Crippen LogP contribution in [0.15, 0.2) is 29.1 Å². The lowest BCUT2D eigenvalue weighted by Gasteiger charge is -2.53. The summed E-state index contributed by atoms with van der Waals surface area (Å²) < 4.78 is 25.3. The number of carbonyl (C=O) groups excluding carboxylic acids is 1. The van der Waals surface area contributed by atoms with Crippen LogP contribution in [0, 0.1) is 0 Å². The maximum atomic E-state index is 14.0. The summed E-state index contributed by atoms with van der Waals surface area (Å²) in [5.41, 5.74) is 0.575. The van der Waals surface area contributed by atoms with Crippen molar-refractivity contribution in [3.63, 3.8) is 0 Å². The van der Waals surface area contributed by atoms with Gasteiger partial charge in [-0.1, -0.05) is 50.7 Å². The van der Waals surface area contributed by atoms with Crippen molar-refractivity contribution in [1.29, 1.82) is 0 Å². The first-order valence-corrected chi connectivity index (χ1v) is 16.5. The molecule has 1 saturated carbocycles. The van der Waals surface area contributed by atoms with E-state index in [-0.39, 0.29) is 24.9 Å². The molecule has 0 spiro atoms. The van der Waals surface area contributed by atoms with E-state index >= 15 is 0 Å². The van der Waals surface area contributed by atoms with Gasteiger partial charge in [-0.3, -0.25) is 28.6 Å². The standard InChI is InChI=1S/C29H43N4O5P/c1-3-37-39(36,38-4-2)31-28(34)27-29(35)33(26-18-11-10-17-25(26)30-27)24-19-22-15-12-16-23(20-24)32(22)21-13-8-6-5-7-9-14-21/h10-11,17-18,21-24H,3-9,12-16,19-20H2,1-2H3,(H,31,34,36). The summed E-state index contributed by atoms with van der Waals surface area (Å²) in [6.07, 6.45) is 14.5. The van der Waals surface area contributed by atoms with Gasteiger partial charge in [0, 0.05) is 24.2 Å². The van der Waals surface area contributed by atoms with Gasteiger partial charge in [0.15, 0.2) is 5.69 Å². The van der Waals surface area contributed by atoms with Crippen molar-refractivity contribution in [3.8, 4) is 0 Å². The number of nitrogens with one attached hydrogen (secondary N) is 1. The topological polar surface area (TPSA) is 103 Å². The molecule has 1 N–H and O–H groups in total. The molecule has 1 amide bonds. The van der Waals surface area contributed by atoms with Gasteiger partial charge in [-0.05, 0) is 64.5 Å². The Morgan fingerprint density at radius 3 is 2.13 bits per heavy atom. The monoisotopic (exact) mass is 558 g/mol. The zero-order chi connectivity index (χ0) is 27.4. The Bertz CT molecular complexity index is 1230. The second-order valence-electron chi connectivity index (χ2n) is 11.2. The van der Waals surface area contributed by atoms with Crippen molar-refractivity contribution < 1.29 is 18.4 Å². The van der Waals surface area contributed by atoms with Crippen LogP contribution in [0.25, 0.3) is 11.0 Å². The maximum absolute atomic E-state index is 14.0. The first-order chi connectivity index (χ1) is 18.9. The van der Waals surface area contributed by atoms with Gasteiger partial charge < -0.3 is 4.57 Å². The van der Waals surface area contributed by atoms with Crippen molar-refractivity contribution in [2.75, 3.05) is 13.2 Å². The zero-order valence-corrected chi connectivity index (χ0v) is 24.2.